The zero-order valence-corrected chi connectivity index (χ0v) is 17.1. The van der Waals surface area contributed by atoms with Gasteiger partial charge in [-0.3, -0.25) is 15.0 Å². The van der Waals surface area contributed by atoms with E-state index in [1.807, 2.05) is 0 Å². The highest BCUT2D eigenvalue weighted by Crippen LogP contribution is 2.66. The summed E-state index contributed by atoms with van der Waals surface area (Å²) in [5.41, 5.74) is -1.12. The molecule has 2 aliphatic heterocycles. The monoisotopic (exact) mass is 448 g/mol. The van der Waals surface area contributed by atoms with Gasteiger partial charge in [0.2, 0.25) is 0 Å². The molecule has 3 atom stereocenters. The van der Waals surface area contributed by atoms with Gasteiger partial charge in [0.1, 0.15) is 27.5 Å². The van der Waals surface area contributed by atoms with Gasteiger partial charge >= 0.3 is 6.09 Å². The van der Waals surface area contributed by atoms with Crippen molar-refractivity contribution in [3.63, 3.8) is 0 Å². The minimum atomic E-state index is -2.57. The standard InChI is InChI=1S/C16H22BrFN4O3S/c1-15(2)13(21-14(23)24)22-16(3,10-5-4-8-19-26(10,15)25)12-9(18)6-7-11(17)20-12/h6-7,10,19,25H,4-5,8H2,1-3H3,(H,21,22)(H,23,24)/t10-,16-/m0/s1. The van der Waals surface area contributed by atoms with Crippen molar-refractivity contribution in [2.24, 2.45) is 4.99 Å². The number of amidine groups is 1. The maximum atomic E-state index is 14.7. The summed E-state index contributed by atoms with van der Waals surface area (Å²) in [6.07, 6.45) is 0.161. The number of halogens is 2. The summed E-state index contributed by atoms with van der Waals surface area (Å²) in [7, 11) is -2.57. The summed E-state index contributed by atoms with van der Waals surface area (Å²) >= 11 is 3.26. The lowest BCUT2D eigenvalue weighted by atomic mass is 9.89. The van der Waals surface area contributed by atoms with Gasteiger partial charge in [-0.05, 0) is 61.7 Å². The van der Waals surface area contributed by atoms with Crippen molar-refractivity contribution in [1.29, 1.82) is 0 Å². The highest BCUT2D eigenvalue weighted by molar-refractivity contribution is 9.10. The number of aromatic nitrogens is 1. The van der Waals surface area contributed by atoms with Gasteiger partial charge in [0.25, 0.3) is 0 Å². The highest BCUT2D eigenvalue weighted by Gasteiger charge is 2.60. The number of pyridine rings is 1. The van der Waals surface area contributed by atoms with E-state index in [-0.39, 0.29) is 11.5 Å². The Balaban J connectivity index is 2.28. The van der Waals surface area contributed by atoms with Crippen molar-refractivity contribution in [3.8, 4) is 0 Å². The summed E-state index contributed by atoms with van der Waals surface area (Å²) in [6, 6.07) is 2.79. The van der Waals surface area contributed by atoms with Crippen molar-refractivity contribution in [2.45, 2.75) is 49.1 Å². The maximum absolute atomic E-state index is 14.7. The minimum Gasteiger partial charge on any atom is -0.465 e. The van der Waals surface area contributed by atoms with Crippen LogP contribution in [0.1, 0.15) is 39.3 Å². The molecule has 7 nitrogen and oxygen atoms in total. The fourth-order valence-electron chi connectivity index (χ4n) is 3.78. The number of nitrogens with zero attached hydrogens (tertiary/aromatic N) is 2. The Labute approximate surface area is 161 Å². The van der Waals surface area contributed by atoms with Gasteiger partial charge in [-0.2, -0.15) is 0 Å². The lowest BCUT2D eigenvalue weighted by molar-refractivity contribution is 0.199. The summed E-state index contributed by atoms with van der Waals surface area (Å²) in [5.74, 6) is -0.432. The average molecular weight is 449 g/mol. The van der Waals surface area contributed by atoms with Crippen LogP contribution in [0.2, 0.25) is 0 Å². The van der Waals surface area contributed by atoms with Crippen molar-refractivity contribution in [3.05, 3.63) is 28.2 Å². The number of nitrogens with one attached hydrogen (secondary N) is 2. The predicted molar refractivity (Wildman–Crippen MR) is 103 cm³/mol. The van der Waals surface area contributed by atoms with Crippen molar-refractivity contribution >= 4 is 38.4 Å². The van der Waals surface area contributed by atoms with E-state index in [0.717, 1.165) is 6.42 Å². The number of fused-ring (bicyclic) bond motifs is 1. The molecule has 0 aliphatic carbocycles. The molecule has 1 fully saturated rings. The van der Waals surface area contributed by atoms with Crippen molar-refractivity contribution in [2.75, 3.05) is 6.54 Å². The Bertz CT molecular complexity index is 793. The van der Waals surface area contributed by atoms with Crippen molar-refractivity contribution in [1.82, 2.24) is 15.0 Å². The Kier molecular flexibility index (Phi) is 4.83. The van der Waals surface area contributed by atoms with Crippen LogP contribution in [0.15, 0.2) is 21.7 Å². The second-order valence-corrected chi connectivity index (χ2v) is 11.1. The Morgan fingerprint density at radius 3 is 2.81 bits per heavy atom. The molecule has 3 rings (SSSR count). The molecule has 0 bridgehead atoms. The predicted octanol–water partition coefficient (Wildman–Crippen LogP) is 3.60. The molecule has 26 heavy (non-hydrogen) atoms. The van der Waals surface area contributed by atoms with Gasteiger partial charge in [-0.25, -0.2) is 14.2 Å². The molecule has 1 saturated heterocycles. The summed E-state index contributed by atoms with van der Waals surface area (Å²) in [4.78, 5) is 20.2. The molecule has 0 spiro atoms. The van der Waals surface area contributed by atoms with E-state index in [2.05, 4.69) is 35.9 Å². The van der Waals surface area contributed by atoms with E-state index in [4.69, 9.17) is 0 Å². The SMILES string of the molecule is CC1(C)C(NC(=O)O)=N[C@](C)(c2nc(Br)ccc2F)[C@@H]2CCCNS21O. The van der Waals surface area contributed by atoms with E-state index >= 15 is 0 Å². The molecule has 1 unspecified atom stereocenters. The topological polar surface area (TPSA) is 107 Å². The molecule has 0 aromatic carbocycles. The van der Waals surface area contributed by atoms with E-state index in [9.17, 15) is 18.8 Å². The first kappa shape index (κ1) is 19.5. The first-order chi connectivity index (χ1) is 12.0. The number of carboxylic acid groups (broad SMARTS) is 1. The average Bonchev–Trinajstić information content (AvgIpc) is 2.55. The molecule has 2 aliphatic rings. The Hall–Kier alpha value is -1.23. The van der Waals surface area contributed by atoms with Crippen molar-refractivity contribution < 1.29 is 18.8 Å². The highest BCUT2D eigenvalue weighted by atomic mass is 79.9. The van der Waals surface area contributed by atoms with Crippen LogP contribution in [0, 0.1) is 5.82 Å². The molecule has 0 radical (unpaired) electrons. The van der Waals surface area contributed by atoms with E-state index in [0.29, 0.717) is 17.6 Å². The lowest BCUT2D eigenvalue weighted by Gasteiger charge is -2.61. The number of carbonyl (C=O) groups is 1. The zero-order valence-electron chi connectivity index (χ0n) is 14.7. The number of amides is 1. The second kappa shape index (κ2) is 6.43. The lowest BCUT2D eigenvalue weighted by Crippen LogP contribution is -2.63. The summed E-state index contributed by atoms with van der Waals surface area (Å²) in [5, 5.41) is 11.1. The number of rotatable bonds is 1. The minimum absolute atomic E-state index is 0.0895. The van der Waals surface area contributed by atoms with Gasteiger partial charge in [0.15, 0.2) is 0 Å². The maximum Gasteiger partial charge on any atom is 0.410 e. The molecule has 1 aromatic rings. The third kappa shape index (κ3) is 2.83. The van der Waals surface area contributed by atoms with Crippen LogP contribution < -0.4 is 10.0 Å². The Morgan fingerprint density at radius 2 is 2.15 bits per heavy atom. The van der Waals surface area contributed by atoms with Gasteiger partial charge in [-0.1, -0.05) is 10.5 Å². The smallest absolute Gasteiger partial charge is 0.410 e. The van der Waals surface area contributed by atoms with E-state index in [1.54, 1.807) is 20.8 Å². The number of hydrogen-bond acceptors (Lipinski definition) is 5. The third-order valence-electron chi connectivity index (χ3n) is 5.21. The van der Waals surface area contributed by atoms with Crippen LogP contribution in [0.25, 0.3) is 0 Å². The molecule has 0 saturated carbocycles. The molecule has 1 aromatic heterocycles. The van der Waals surface area contributed by atoms with Crippen LogP contribution in [0.4, 0.5) is 9.18 Å². The van der Waals surface area contributed by atoms with E-state index < -0.39 is 37.9 Å². The zero-order chi connectivity index (χ0) is 19.3. The number of hydrogen-bond donors (Lipinski definition) is 4. The third-order valence-corrected chi connectivity index (χ3v) is 9.57. The second-order valence-electron chi connectivity index (χ2n) is 7.16. The van der Waals surface area contributed by atoms with Crippen LogP contribution in [0.5, 0.6) is 0 Å². The first-order valence-corrected chi connectivity index (χ1v) is 10.7. The van der Waals surface area contributed by atoms with E-state index in [1.165, 1.54) is 12.1 Å². The number of aliphatic imine (C=N–C) groups is 1. The molecule has 144 valence electrons. The molecule has 1 amide bonds. The van der Waals surface area contributed by atoms with Crippen LogP contribution >= 0.6 is 26.4 Å². The van der Waals surface area contributed by atoms with Gasteiger partial charge in [-0.15, -0.1) is 0 Å². The van der Waals surface area contributed by atoms with Gasteiger partial charge in [0, 0.05) is 6.54 Å². The molecule has 4 N–H and O–H groups in total. The van der Waals surface area contributed by atoms with Crippen LogP contribution in [-0.2, 0) is 5.54 Å². The quantitative estimate of drug-likeness (QED) is 0.491. The van der Waals surface area contributed by atoms with Gasteiger partial charge < -0.3 is 9.66 Å². The normalized spacial score (nSPS) is 35.6. The molecule has 10 heteroatoms. The van der Waals surface area contributed by atoms with Crippen LogP contribution in [0.3, 0.4) is 0 Å². The fraction of sp³-hybridized carbons (Fsp3) is 0.562. The molecular weight excluding hydrogens is 427 g/mol. The summed E-state index contributed by atoms with van der Waals surface area (Å²) in [6.45, 7) is 5.83. The Morgan fingerprint density at radius 1 is 1.46 bits per heavy atom. The van der Waals surface area contributed by atoms with Gasteiger partial charge in [0.05, 0.1) is 10.00 Å². The van der Waals surface area contributed by atoms with Crippen LogP contribution in [-0.4, -0.2) is 43.1 Å². The molecule has 3 heterocycles. The summed E-state index contributed by atoms with van der Waals surface area (Å²) < 4.78 is 29.1. The first-order valence-electron chi connectivity index (χ1n) is 8.24. The largest absolute Gasteiger partial charge is 0.465 e. The molecular formula is C16H22BrFN4O3S. The fourth-order valence-corrected chi connectivity index (χ4v) is 7.55.